The fourth-order valence-electron chi connectivity index (χ4n) is 1.22. The van der Waals surface area contributed by atoms with Crippen LogP contribution in [0.3, 0.4) is 0 Å². The van der Waals surface area contributed by atoms with Gasteiger partial charge in [0.2, 0.25) is 0 Å². The van der Waals surface area contributed by atoms with Crippen LogP contribution in [-0.4, -0.2) is 5.91 Å². The van der Waals surface area contributed by atoms with Crippen molar-refractivity contribution in [3.8, 4) is 0 Å². The van der Waals surface area contributed by atoms with Crippen LogP contribution in [0, 0.1) is 2.88 Å². The molecule has 2 rings (SSSR count). The van der Waals surface area contributed by atoms with E-state index in [1.807, 2.05) is 17.5 Å². The van der Waals surface area contributed by atoms with Gasteiger partial charge in [-0.1, -0.05) is 27.5 Å². The molecule has 17 heavy (non-hydrogen) atoms. The summed E-state index contributed by atoms with van der Waals surface area (Å²) < 4.78 is 1.95. The summed E-state index contributed by atoms with van der Waals surface area (Å²) in [5, 5.41) is 5.13. The lowest BCUT2D eigenvalue weighted by atomic mass is 10.3. The van der Waals surface area contributed by atoms with Gasteiger partial charge in [0.1, 0.15) is 0 Å². The zero-order valence-corrected chi connectivity index (χ0v) is 13.7. The summed E-state index contributed by atoms with van der Waals surface area (Å²) in [5.41, 5.74) is 1.25. The molecule has 0 spiro atoms. The molecule has 0 saturated carbocycles. The Morgan fingerprint density at radius 3 is 2.82 bits per heavy atom. The third-order valence-electron chi connectivity index (χ3n) is 2.01. The van der Waals surface area contributed by atoms with Gasteiger partial charge >= 0.3 is 0 Å². The number of rotatable bonds is 2. The molecule has 1 aromatic heterocycles. The van der Waals surface area contributed by atoms with Crippen LogP contribution >= 0.6 is 61.5 Å². The lowest BCUT2D eigenvalue weighted by Gasteiger charge is -2.06. The summed E-state index contributed by atoms with van der Waals surface area (Å²) in [4.78, 5) is 11.9. The smallest absolute Gasteiger partial charge is 0.256 e. The molecule has 0 aliphatic carbocycles. The number of nitrogens with one attached hydrogen (secondary N) is 1. The number of carbonyl (C=O) groups is 1. The summed E-state index contributed by atoms with van der Waals surface area (Å²) in [6.07, 6.45) is 0. The highest BCUT2D eigenvalue weighted by atomic mass is 127. The molecular formula is C11H6BrClINOS. The molecule has 0 aliphatic rings. The van der Waals surface area contributed by atoms with Crippen molar-refractivity contribution in [3.05, 3.63) is 47.6 Å². The number of thiophene rings is 1. The average molecular weight is 443 g/mol. The van der Waals surface area contributed by atoms with Crippen LogP contribution in [0.15, 0.2) is 34.1 Å². The van der Waals surface area contributed by atoms with Gasteiger partial charge in [-0.15, -0.1) is 11.3 Å². The number of halogens is 3. The van der Waals surface area contributed by atoms with Gasteiger partial charge in [0.15, 0.2) is 0 Å². The summed E-state index contributed by atoms with van der Waals surface area (Å²) in [5.74, 6) is -0.149. The van der Waals surface area contributed by atoms with E-state index in [4.69, 9.17) is 11.6 Å². The second-order valence-electron chi connectivity index (χ2n) is 3.22. The van der Waals surface area contributed by atoms with E-state index in [9.17, 15) is 4.79 Å². The van der Waals surface area contributed by atoms with Crippen LogP contribution in [0.1, 0.15) is 10.4 Å². The fourth-order valence-corrected chi connectivity index (χ4v) is 3.07. The van der Waals surface area contributed by atoms with Gasteiger partial charge in [0.05, 0.1) is 19.2 Å². The van der Waals surface area contributed by atoms with Crippen LogP contribution < -0.4 is 5.32 Å². The van der Waals surface area contributed by atoms with Gasteiger partial charge in [-0.05, 0) is 46.9 Å². The van der Waals surface area contributed by atoms with E-state index in [2.05, 4.69) is 43.8 Å². The van der Waals surface area contributed by atoms with Gasteiger partial charge in [0, 0.05) is 9.85 Å². The van der Waals surface area contributed by atoms with Crippen molar-refractivity contribution in [2.24, 2.45) is 0 Å². The Labute approximate surface area is 130 Å². The molecule has 6 heteroatoms. The maximum atomic E-state index is 11.9. The molecule has 2 aromatic rings. The van der Waals surface area contributed by atoms with Crippen LogP contribution in [0.25, 0.3) is 0 Å². The second kappa shape index (κ2) is 5.69. The van der Waals surface area contributed by atoms with E-state index in [1.54, 1.807) is 12.1 Å². The van der Waals surface area contributed by atoms with Crippen molar-refractivity contribution < 1.29 is 4.79 Å². The molecule has 1 aromatic carbocycles. The first-order valence-corrected chi connectivity index (χ1v) is 7.69. The number of carbonyl (C=O) groups excluding carboxylic acids is 1. The third kappa shape index (κ3) is 3.43. The molecule has 0 atom stereocenters. The summed E-state index contributed by atoms with van der Waals surface area (Å²) in [6, 6.07) is 7.17. The van der Waals surface area contributed by atoms with Crippen LogP contribution in [0.5, 0.6) is 0 Å². The van der Waals surface area contributed by atoms with Crippen molar-refractivity contribution in [3.63, 3.8) is 0 Å². The van der Waals surface area contributed by atoms with Crippen molar-refractivity contribution in [2.45, 2.75) is 0 Å². The molecule has 0 saturated heterocycles. The molecule has 1 amide bonds. The second-order valence-corrected chi connectivity index (χ2v) is 7.35. The Morgan fingerprint density at radius 2 is 2.18 bits per heavy atom. The molecule has 0 bridgehead atoms. The molecule has 0 unspecified atom stereocenters. The number of hydrogen-bond donors (Lipinski definition) is 1. The average Bonchev–Trinajstić information content (AvgIpc) is 2.70. The molecular weight excluding hydrogens is 436 g/mol. The predicted molar refractivity (Wildman–Crippen MR) is 84.1 cm³/mol. The topological polar surface area (TPSA) is 29.1 Å². The van der Waals surface area contributed by atoms with Crippen LogP contribution in [-0.2, 0) is 0 Å². The monoisotopic (exact) mass is 441 g/mol. The van der Waals surface area contributed by atoms with Gasteiger partial charge in [0.25, 0.3) is 5.91 Å². The Bertz CT molecular complexity index is 572. The van der Waals surface area contributed by atoms with E-state index >= 15 is 0 Å². The highest BCUT2D eigenvalue weighted by Gasteiger charge is 2.10. The van der Waals surface area contributed by atoms with Gasteiger partial charge in [-0.25, -0.2) is 0 Å². The zero-order valence-electron chi connectivity index (χ0n) is 8.34. The van der Waals surface area contributed by atoms with Crippen molar-refractivity contribution in [1.82, 2.24) is 0 Å². The Balaban J connectivity index is 2.21. The van der Waals surface area contributed by atoms with Gasteiger partial charge in [-0.3, -0.25) is 4.79 Å². The highest BCUT2D eigenvalue weighted by molar-refractivity contribution is 14.1. The standard InChI is InChI=1S/C11H6BrClINOS/c12-7-1-2-8(13)9(4-7)15-11(16)6-3-10(14)17-5-6/h1-5H,(H,15,16). The minimum atomic E-state index is -0.149. The lowest BCUT2D eigenvalue weighted by molar-refractivity contribution is 0.102. The quantitative estimate of drug-likeness (QED) is 0.650. The first-order chi connectivity index (χ1) is 8.06. The predicted octanol–water partition coefficient (Wildman–Crippen LogP) is 5.02. The van der Waals surface area contributed by atoms with Gasteiger partial charge < -0.3 is 5.32 Å². The van der Waals surface area contributed by atoms with Crippen LogP contribution in [0.4, 0.5) is 5.69 Å². The molecule has 1 heterocycles. The normalized spacial score (nSPS) is 10.3. The number of anilines is 1. The highest BCUT2D eigenvalue weighted by Crippen LogP contribution is 2.26. The van der Waals surface area contributed by atoms with Crippen molar-refractivity contribution in [1.29, 1.82) is 0 Å². The van der Waals surface area contributed by atoms with Crippen LogP contribution in [0.2, 0.25) is 5.02 Å². The summed E-state index contributed by atoms with van der Waals surface area (Å²) in [7, 11) is 0. The van der Waals surface area contributed by atoms with Crippen molar-refractivity contribution >= 4 is 73.1 Å². The first kappa shape index (κ1) is 13.3. The molecule has 0 aliphatic heterocycles. The largest absolute Gasteiger partial charge is 0.321 e. The minimum Gasteiger partial charge on any atom is -0.321 e. The fraction of sp³-hybridized carbons (Fsp3) is 0. The Kier molecular flexibility index (Phi) is 4.46. The van der Waals surface area contributed by atoms with Crippen molar-refractivity contribution in [2.75, 3.05) is 5.32 Å². The van der Waals surface area contributed by atoms with Gasteiger partial charge in [-0.2, -0.15) is 0 Å². The SMILES string of the molecule is O=C(Nc1cc(Br)ccc1Cl)c1csc(I)c1. The molecule has 88 valence electrons. The minimum absolute atomic E-state index is 0.149. The van der Waals surface area contributed by atoms with E-state index in [-0.39, 0.29) is 5.91 Å². The molecule has 0 fully saturated rings. The third-order valence-corrected chi connectivity index (χ3v) is 4.62. The van der Waals surface area contributed by atoms with E-state index in [0.717, 1.165) is 7.36 Å². The maximum absolute atomic E-state index is 11.9. The lowest BCUT2D eigenvalue weighted by Crippen LogP contribution is -2.11. The first-order valence-electron chi connectivity index (χ1n) is 4.56. The number of amides is 1. The van der Waals surface area contributed by atoms with E-state index in [1.165, 1.54) is 11.3 Å². The zero-order chi connectivity index (χ0) is 12.4. The Morgan fingerprint density at radius 1 is 1.41 bits per heavy atom. The van der Waals surface area contributed by atoms with E-state index < -0.39 is 0 Å². The maximum Gasteiger partial charge on any atom is 0.256 e. The summed E-state index contributed by atoms with van der Waals surface area (Å²) in [6.45, 7) is 0. The summed E-state index contributed by atoms with van der Waals surface area (Å²) >= 11 is 13.1. The molecule has 2 nitrogen and oxygen atoms in total. The Hall–Kier alpha value is -0.110. The molecule has 0 radical (unpaired) electrons. The van der Waals surface area contributed by atoms with E-state index in [0.29, 0.717) is 16.3 Å². The molecule has 1 N–H and O–H groups in total. The number of benzene rings is 1. The number of hydrogen-bond acceptors (Lipinski definition) is 2.